The van der Waals surface area contributed by atoms with E-state index in [1.54, 1.807) is 10.1 Å². The van der Waals surface area contributed by atoms with E-state index in [4.69, 9.17) is 9.68 Å². The zero-order valence-electron chi connectivity index (χ0n) is 14.4. The number of carbonyl (C=O) groups is 2. The molecule has 0 saturated carbocycles. The van der Waals surface area contributed by atoms with Crippen molar-refractivity contribution >= 4 is 23.3 Å². The van der Waals surface area contributed by atoms with Crippen LogP contribution in [0.25, 0.3) is 0 Å². The first-order chi connectivity index (χ1) is 12.7. The third-order valence-electron chi connectivity index (χ3n) is 4.65. The molecule has 26 heavy (non-hydrogen) atoms. The Morgan fingerprint density at radius 2 is 1.15 bits per heavy atom. The average Bonchev–Trinajstić information content (AvgIpc) is 3.25. The highest BCUT2D eigenvalue weighted by Crippen LogP contribution is 2.29. The van der Waals surface area contributed by atoms with Crippen molar-refractivity contribution in [1.82, 2.24) is 0 Å². The minimum atomic E-state index is -0.430. The number of benzene rings is 2. The Hall–Kier alpha value is -3.02. The van der Waals surface area contributed by atoms with E-state index in [0.29, 0.717) is 13.1 Å². The SMILES string of the molecule is O=C(CCC(=O)ON1CCc2ccccc21)ON1CCc2ccccc21. The Balaban J connectivity index is 1.26. The Labute approximate surface area is 151 Å². The maximum absolute atomic E-state index is 12.1. The lowest BCUT2D eigenvalue weighted by molar-refractivity contribution is -0.151. The van der Waals surface area contributed by atoms with Crippen molar-refractivity contribution in [2.45, 2.75) is 25.7 Å². The molecular weight excluding hydrogens is 332 g/mol. The van der Waals surface area contributed by atoms with Gasteiger partial charge in [0.15, 0.2) is 0 Å². The summed E-state index contributed by atoms with van der Waals surface area (Å²) >= 11 is 0. The van der Waals surface area contributed by atoms with Gasteiger partial charge in [-0.05, 0) is 36.1 Å². The van der Waals surface area contributed by atoms with Crippen LogP contribution in [0, 0.1) is 0 Å². The van der Waals surface area contributed by atoms with Gasteiger partial charge in [0, 0.05) is 0 Å². The van der Waals surface area contributed by atoms with Crippen LogP contribution in [0.1, 0.15) is 24.0 Å². The van der Waals surface area contributed by atoms with Crippen LogP contribution in [0.3, 0.4) is 0 Å². The van der Waals surface area contributed by atoms with Gasteiger partial charge in [-0.15, -0.1) is 0 Å². The quantitative estimate of drug-likeness (QED) is 0.825. The summed E-state index contributed by atoms with van der Waals surface area (Å²) in [5, 5.41) is 3.19. The zero-order chi connectivity index (χ0) is 17.9. The second-order valence-corrected chi connectivity index (χ2v) is 6.39. The molecule has 4 rings (SSSR count). The molecule has 2 aromatic carbocycles. The molecule has 0 spiro atoms. The number of carbonyl (C=O) groups excluding carboxylic acids is 2. The van der Waals surface area contributed by atoms with Crippen molar-refractivity contribution in [3.63, 3.8) is 0 Å². The van der Waals surface area contributed by atoms with E-state index in [2.05, 4.69) is 0 Å². The Morgan fingerprint density at radius 1 is 0.731 bits per heavy atom. The van der Waals surface area contributed by atoms with E-state index in [-0.39, 0.29) is 12.8 Å². The summed E-state index contributed by atoms with van der Waals surface area (Å²) < 4.78 is 0. The van der Waals surface area contributed by atoms with Gasteiger partial charge in [0.1, 0.15) is 0 Å². The van der Waals surface area contributed by atoms with E-state index >= 15 is 0 Å². The van der Waals surface area contributed by atoms with Gasteiger partial charge in [-0.25, -0.2) is 19.7 Å². The fourth-order valence-corrected chi connectivity index (χ4v) is 3.35. The van der Waals surface area contributed by atoms with Crippen LogP contribution in [0.2, 0.25) is 0 Å². The molecule has 2 aromatic rings. The second-order valence-electron chi connectivity index (χ2n) is 6.39. The van der Waals surface area contributed by atoms with Crippen LogP contribution >= 0.6 is 0 Å². The molecular formula is C20H20N2O4. The van der Waals surface area contributed by atoms with E-state index < -0.39 is 11.9 Å². The summed E-state index contributed by atoms with van der Waals surface area (Å²) in [6, 6.07) is 15.7. The fraction of sp³-hybridized carbons (Fsp3) is 0.300. The van der Waals surface area contributed by atoms with E-state index in [1.165, 1.54) is 0 Å². The van der Waals surface area contributed by atoms with Crippen LogP contribution < -0.4 is 10.1 Å². The number of anilines is 2. The smallest absolute Gasteiger partial charge is 0.332 e. The van der Waals surface area contributed by atoms with Gasteiger partial charge in [0.2, 0.25) is 0 Å². The predicted octanol–water partition coefficient (Wildman–Crippen LogP) is 2.81. The van der Waals surface area contributed by atoms with Crippen molar-refractivity contribution < 1.29 is 19.3 Å². The van der Waals surface area contributed by atoms with Crippen molar-refractivity contribution in [3.8, 4) is 0 Å². The predicted molar refractivity (Wildman–Crippen MR) is 96.4 cm³/mol. The summed E-state index contributed by atoms with van der Waals surface area (Å²) in [6.07, 6.45) is 1.68. The Morgan fingerprint density at radius 3 is 1.62 bits per heavy atom. The molecule has 2 heterocycles. The van der Waals surface area contributed by atoms with Crippen LogP contribution in [-0.2, 0) is 32.1 Å². The number of para-hydroxylation sites is 2. The monoisotopic (exact) mass is 352 g/mol. The summed E-state index contributed by atoms with van der Waals surface area (Å²) in [4.78, 5) is 34.9. The molecule has 0 aromatic heterocycles. The topological polar surface area (TPSA) is 59.1 Å². The van der Waals surface area contributed by atoms with Gasteiger partial charge in [-0.2, -0.15) is 0 Å². The highest BCUT2D eigenvalue weighted by Gasteiger charge is 2.24. The van der Waals surface area contributed by atoms with E-state index in [9.17, 15) is 9.59 Å². The molecule has 0 aliphatic carbocycles. The number of fused-ring (bicyclic) bond motifs is 2. The summed E-state index contributed by atoms with van der Waals surface area (Å²) in [5.74, 6) is -0.860. The molecule has 6 heteroatoms. The van der Waals surface area contributed by atoms with Gasteiger partial charge in [0.25, 0.3) is 0 Å². The molecule has 0 saturated heterocycles. The third-order valence-corrected chi connectivity index (χ3v) is 4.65. The first kappa shape index (κ1) is 16.4. The molecule has 0 amide bonds. The van der Waals surface area contributed by atoms with Crippen LogP contribution in [0.5, 0.6) is 0 Å². The maximum atomic E-state index is 12.1. The minimum Gasteiger partial charge on any atom is -0.341 e. The molecule has 2 aliphatic heterocycles. The first-order valence-electron chi connectivity index (χ1n) is 8.83. The average molecular weight is 352 g/mol. The van der Waals surface area contributed by atoms with Crippen LogP contribution in [0.4, 0.5) is 11.4 Å². The summed E-state index contributed by atoms with van der Waals surface area (Å²) in [7, 11) is 0. The highest BCUT2D eigenvalue weighted by atomic mass is 16.7. The number of hydrogen-bond donors (Lipinski definition) is 0. The number of hydrogen-bond acceptors (Lipinski definition) is 6. The van der Waals surface area contributed by atoms with Gasteiger partial charge >= 0.3 is 11.9 Å². The third kappa shape index (κ3) is 3.35. The maximum Gasteiger partial charge on any atom is 0.332 e. The van der Waals surface area contributed by atoms with Crippen molar-refractivity contribution in [1.29, 1.82) is 0 Å². The summed E-state index contributed by atoms with van der Waals surface area (Å²) in [6.45, 7) is 1.28. The molecule has 0 atom stereocenters. The highest BCUT2D eigenvalue weighted by molar-refractivity contribution is 5.79. The largest absolute Gasteiger partial charge is 0.341 e. The molecule has 0 radical (unpaired) electrons. The molecule has 134 valence electrons. The fourth-order valence-electron chi connectivity index (χ4n) is 3.35. The molecule has 2 aliphatic rings. The normalized spacial score (nSPS) is 14.8. The first-order valence-corrected chi connectivity index (χ1v) is 8.83. The number of hydroxylamine groups is 2. The van der Waals surface area contributed by atoms with Gasteiger partial charge < -0.3 is 9.68 Å². The lowest BCUT2D eigenvalue weighted by atomic mass is 10.2. The van der Waals surface area contributed by atoms with Crippen LogP contribution in [-0.4, -0.2) is 25.0 Å². The second kappa shape index (κ2) is 7.07. The van der Waals surface area contributed by atoms with Gasteiger partial charge in [-0.3, -0.25) is 0 Å². The molecule has 6 nitrogen and oxygen atoms in total. The lowest BCUT2D eigenvalue weighted by Crippen LogP contribution is -2.27. The summed E-state index contributed by atoms with van der Waals surface area (Å²) in [5.41, 5.74) is 4.15. The molecule has 0 bridgehead atoms. The van der Waals surface area contributed by atoms with Gasteiger partial charge in [-0.1, -0.05) is 36.4 Å². The molecule has 0 unspecified atom stereocenters. The standard InChI is InChI=1S/C20H20N2O4/c23-19(25-21-13-11-15-5-1-3-7-17(15)21)9-10-20(24)26-22-14-12-16-6-2-4-8-18(16)22/h1-8H,9-14H2. The molecule has 0 fully saturated rings. The van der Waals surface area contributed by atoms with Crippen LogP contribution in [0.15, 0.2) is 48.5 Å². The van der Waals surface area contributed by atoms with Crippen molar-refractivity contribution in [3.05, 3.63) is 59.7 Å². The number of rotatable bonds is 5. The van der Waals surface area contributed by atoms with Crippen molar-refractivity contribution in [2.75, 3.05) is 23.2 Å². The lowest BCUT2D eigenvalue weighted by Gasteiger charge is -2.19. The zero-order valence-corrected chi connectivity index (χ0v) is 14.4. The Kier molecular flexibility index (Phi) is 4.48. The molecule has 0 N–H and O–H groups in total. The minimum absolute atomic E-state index is 0.00696. The van der Waals surface area contributed by atoms with Crippen molar-refractivity contribution in [2.24, 2.45) is 0 Å². The Bertz CT molecular complexity index is 767. The van der Waals surface area contributed by atoms with E-state index in [1.807, 2.05) is 48.5 Å². The van der Waals surface area contributed by atoms with Gasteiger partial charge in [0.05, 0.1) is 37.3 Å². The number of nitrogens with zero attached hydrogens (tertiary/aromatic N) is 2. The van der Waals surface area contributed by atoms with E-state index in [0.717, 1.165) is 35.3 Å².